The van der Waals surface area contributed by atoms with Crippen LogP contribution in [0.25, 0.3) is 111 Å². The molecule has 62 heavy (non-hydrogen) atoms. The molecule has 10 aromatic carbocycles. The Bertz CT molecular complexity index is 3350. The molecule has 12 aromatic rings. The smallest absolute Gasteiger partial charge is 0.0547 e. The Hall–Kier alpha value is -8.20. The Kier molecular flexibility index (Phi) is 8.53. The Labute approximate surface area is 360 Å². The Morgan fingerprint density at radius 3 is 0.887 bits per heavy atom. The molecule has 0 fully saturated rings. The molecule has 0 N–H and O–H groups in total. The van der Waals surface area contributed by atoms with E-state index in [1.807, 2.05) is 0 Å². The van der Waals surface area contributed by atoms with Gasteiger partial charge in [-0.2, -0.15) is 0 Å². The molecular formula is C60H40N2. The molecule has 2 aromatic heterocycles. The zero-order valence-electron chi connectivity index (χ0n) is 34.0. The lowest BCUT2D eigenvalue weighted by Gasteiger charge is -2.13. The molecule has 290 valence electrons. The van der Waals surface area contributed by atoms with Crippen LogP contribution in [-0.2, 0) is 0 Å². The fraction of sp³-hybridized carbons (Fsp3) is 0. The topological polar surface area (TPSA) is 9.86 Å². The molecule has 0 atom stereocenters. The summed E-state index contributed by atoms with van der Waals surface area (Å²) in [4.78, 5) is 0. The van der Waals surface area contributed by atoms with E-state index in [0.717, 1.165) is 11.4 Å². The number of aromatic nitrogens is 2. The van der Waals surface area contributed by atoms with Gasteiger partial charge in [-0.1, -0.05) is 194 Å². The summed E-state index contributed by atoms with van der Waals surface area (Å²) in [7, 11) is 0. The zero-order valence-corrected chi connectivity index (χ0v) is 34.0. The van der Waals surface area contributed by atoms with Crippen molar-refractivity contribution in [1.29, 1.82) is 0 Å². The van der Waals surface area contributed by atoms with E-state index in [0.29, 0.717) is 0 Å². The van der Waals surface area contributed by atoms with Gasteiger partial charge in [0.2, 0.25) is 0 Å². The minimum Gasteiger partial charge on any atom is -0.309 e. The molecule has 0 aliphatic heterocycles. The largest absolute Gasteiger partial charge is 0.309 e. The van der Waals surface area contributed by atoms with E-state index in [2.05, 4.69) is 252 Å². The van der Waals surface area contributed by atoms with Gasteiger partial charge in [0.1, 0.15) is 0 Å². The normalized spacial score (nSPS) is 11.5. The van der Waals surface area contributed by atoms with Crippen LogP contribution in [0.5, 0.6) is 0 Å². The first-order valence-corrected chi connectivity index (χ1v) is 21.3. The van der Waals surface area contributed by atoms with E-state index in [4.69, 9.17) is 0 Å². The van der Waals surface area contributed by atoms with E-state index in [1.165, 1.54) is 99.2 Å². The molecule has 0 amide bonds. The minimum absolute atomic E-state index is 1.14. The average Bonchev–Trinajstić information content (AvgIpc) is 3.87. The highest BCUT2D eigenvalue weighted by Gasteiger charge is 2.17. The minimum atomic E-state index is 1.14. The molecular weight excluding hydrogens is 749 g/mol. The fourth-order valence-electron chi connectivity index (χ4n) is 9.48. The van der Waals surface area contributed by atoms with Gasteiger partial charge in [0.25, 0.3) is 0 Å². The second-order valence-corrected chi connectivity index (χ2v) is 16.2. The van der Waals surface area contributed by atoms with Crippen molar-refractivity contribution in [2.24, 2.45) is 0 Å². The van der Waals surface area contributed by atoms with Gasteiger partial charge in [0.05, 0.1) is 22.1 Å². The highest BCUT2D eigenvalue weighted by molar-refractivity contribution is 6.12. The van der Waals surface area contributed by atoms with Crippen molar-refractivity contribution in [3.8, 4) is 67.0 Å². The summed E-state index contributed by atoms with van der Waals surface area (Å²) < 4.78 is 4.87. The Morgan fingerprint density at radius 2 is 0.468 bits per heavy atom. The van der Waals surface area contributed by atoms with Gasteiger partial charge >= 0.3 is 0 Å². The van der Waals surface area contributed by atoms with Crippen molar-refractivity contribution in [2.75, 3.05) is 0 Å². The lowest BCUT2D eigenvalue weighted by Crippen LogP contribution is -1.95. The molecule has 2 heterocycles. The molecule has 0 aliphatic rings. The van der Waals surface area contributed by atoms with Gasteiger partial charge in [0, 0.05) is 32.9 Å². The monoisotopic (exact) mass is 788 g/mol. The third-order valence-electron chi connectivity index (χ3n) is 12.5. The summed E-state index contributed by atoms with van der Waals surface area (Å²) in [5.41, 5.74) is 19.1. The molecule has 0 radical (unpaired) electrons. The first-order valence-electron chi connectivity index (χ1n) is 21.3. The van der Waals surface area contributed by atoms with Crippen LogP contribution in [0.4, 0.5) is 0 Å². The predicted octanol–water partition coefficient (Wildman–Crippen LogP) is 16.2. The van der Waals surface area contributed by atoms with Crippen LogP contribution >= 0.6 is 0 Å². The van der Waals surface area contributed by atoms with E-state index in [9.17, 15) is 0 Å². The molecule has 0 unspecified atom stereocenters. The molecule has 12 rings (SSSR count). The first-order chi connectivity index (χ1) is 30.7. The molecule has 0 saturated carbocycles. The van der Waals surface area contributed by atoms with Crippen molar-refractivity contribution in [3.63, 3.8) is 0 Å². The van der Waals surface area contributed by atoms with Crippen molar-refractivity contribution < 1.29 is 0 Å². The molecule has 0 aliphatic carbocycles. The summed E-state index contributed by atoms with van der Waals surface area (Å²) in [6.45, 7) is 0. The summed E-state index contributed by atoms with van der Waals surface area (Å²) in [6, 6.07) is 88.4. The van der Waals surface area contributed by atoms with Crippen LogP contribution in [0.3, 0.4) is 0 Å². The van der Waals surface area contributed by atoms with E-state index in [-0.39, 0.29) is 0 Å². The number of rotatable bonds is 7. The molecule has 2 nitrogen and oxygen atoms in total. The van der Waals surface area contributed by atoms with Gasteiger partial charge in [-0.15, -0.1) is 0 Å². The second kappa shape index (κ2) is 14.8. The fourth-order valence-corrected chi connectivity index (χ4v) is 9.48. The average molecular weight is 789 g/mol. The van der Waals surface area contributed by atoms with Crippen molar-refractivity contribution in [2.45, 2.75) is 0 Å². The quantitative estimate of drug-likeness (QED) is 0.152. The van der Waals surface area contributed by atoms with E-state index < -0.39 is 0 Å². The maximum absolute atomic E-state index is 2.43. The van der Waals surface area contributed by atoms with Crippen LogP contribution < -0.4 is 0 Å². The lowest BCUT2D eigenvalue weighted by molar-refractivity contribution is 1.18. The third kappa shape index (κ3) is 6.12. The number of para-hydroxylation sites is 2. The Morgan fingerprint density at radius 1 is 0.177 bits per heavy atom. The SMILES string of the molecule is c1ccc(-c2ccc(-c3cccc(-n4c5ccccc5c5ccc(-c6ccc7c8ccccc8n(-c8cccc(-c9ccc(-c%10ccccc%10)cc9)c8)c7c6)cc54)c3)cc2)cc1. The van der Waals surface area contributed by atoms with Crippen molar-refractivity contribution in [3.05, 3.63) is 243 Å². The van der Waals surface area contributed by atoms with Crippen molar-refractivity contribution >= 4 is 43.6 Å². The highest BCUT2D eigenvalue weighted by Crippen LogP contribution is 2.39. The van der Waals surface area contributed by atoms with Crippen LogP contribution in [0.2, 0.25) is 0 Å². The molecule has 0 bridgehead atoms. The van der Waals surface area contributed by atoms with Gasteiger partial charge in [-0.25, -0.2) is 0 Å². The third-order valence-corrected chi connectivity index (χ3v) is 12.5. The molecule has 2 heteroatoms. The number of nitrogens with zero attached hydrogens (tertiary/aromatic N) is 2. The summed E-state index contributed by atoms with van der Waals surface area (Å²) >= 11 is 0. The second-order valence-electron chi connectivity index (χ2n) is 16.2. The van der Waals surface area contributed by atoms with Crippen LogP contribution in [-0.4, -0.2) is 9.13 Å². The summed E-state index contributed by atoms with van der Waals surface area (Å²) in [6.07, 6.45) is 0. The number of benzene rings is 10. The van der Waals surface area contributed by atoms with Crippen molar-refractivity contribution in [1.82, 2.24) is 9.13 Å². The van der Waals surface area contributed by atoms with E-state index >= 15 is 0 Å². The van der Waals surface area contributed by atoms with Gasteiger partial charge in [0.15, 0.2) is 0 Å². The maximum atomic E-state index is 2.43. The van der Waals surface area contributed by atoms with Crippen LogP contribution in [0.1, 0.15) is 0 Å². The number of hydrogen-bond acceptors (Lipinski definition) is 0. The lowest BCUT2D eigenvalue weighted by atomic mass is 10.00. The van der Waals surface area contributed by atoms with Gasteiger partial charge in [-0.3, -0.25) is 0 Å². The summed E-state index contributed by atoms with van der Waals surface area (Å²) in [5.74, 6) is 0. The first kappa shape index (κ1) is 35.7. The zero-order chi connectivity index (χ0) is 41.0. The maximum Gasteiger partial charge on any atom is 0.0547 e. The van der Waals surface area contributed by atoms with E-state index in [1.54, 1.807) is 0 Å². The van der Waals surface area contributed by atoms with Crippen LogP contribution in [0.15, 0.2) is 243 Å². The Balaban J connectivity index is 0.960. The standard InChI is InChI=1S/C60H40N2/c1-3-13-41(14-4-1)43-25-29-45(30-26-43)47-17-11-19-51(37-47)61-57-23-9-7-21-53(57)55-35-33-49(39-59(55)61)50-34-36-56-54-22-8-10-24-58(54)62(60(56)40-50)52-20-12-18-48(38-52)46-31-27-44(28-32-46)42-15-5-2-6-16-42/h1-40H. The molecule has 0 saturated heterocycles. The predicted molar refractivity (Wildman–Crippen MR) is 262 cm³/mol. The van der Waals surface area contributed by atoms with Gasteiger partial charge < -0.3 is 9.13 Å². The van der Waals surface area contributed by atoms with Crippen LogP contribution in [0, 0.1) is 0 Å². The van der Waals surface area contributed by atoms with Gasteiger partial charge in [-0.05, 0) is 104 Å². The summed E-state index contributed by atoms with van der Waals surface area (Å²) in [5, 5.41) is 4.98. The number of hydrogen-bond donors (Lipinski definition) is 0. The molecule has 0 spiro atoms. The highest BCUT2D eigenvalue weighted by atomic mass is 15.0. The number of fused-ring (bicyclic) bond motifs is 6.